The van der Waals surface area contributed by atoms with Crippen molar-refractivity contribution in [1.29, 1.82) is 0 Å². The summed E-state index contributed by atoms with van der Waals surface area (Å²) in [6.45, 7) is 0.702. The number of hydrogen-bond acceptors (Lipinski definition) is 3. The third kappa shape index (κ3) is 7.70. The summed E-state index contributed by atoms with van der Waals surface area (Å²) in [4.78, 5) is 26.7. The van der Waals surface area contributed by atoms with Crippen LogP contribution in [-0.2, 0) is 13.0 Å². The molecule has 39 heavy (non-hydrogen) atoms. The first kappa shape index (κ1) is 27.4. The number of ether oxygens (including phenoxy) is 1. The zero-order valence-corrected chi connectivity index (χ0v) is 20.9. The summed E-state index contributed by atoms with van der Waals surface area (Å²) >= 11 is 0. The maximum absolute atomic E-state index is 13.4. The highest BCUT2D eigenvalue weighted by molar-refractivity contribution is 5.96. The number of aromatic carboxylic acids is 1. The van der Waals surface area contributed by atoms with E-state index in [9.17, 15) is 27.9 Å². The second-order valence-electron chi connectivity index (χ2n) is 8.94. The van der Waals surface area contributed by atoms with Crippen LogP contribution in [0.1, 0.15) is 38.3 Å². The van der Waals surface area contributed by atoms with Crippen LogP contribution in [0.3, 0.4) is 0 Å². The predicted octanol–water partition coefficient (Wildman–Crippen LogP) is 7.23. The Bertz CT molecular complexity index is 1400. The summed E-state index contributed by atoms with van der Waals surface area (Å²) < 4.78 is 41.5. The van der Waals surface area contributed by atoms with Crippen LogP contribution >= 0.6 is 0 Å². The summed E-state index contributed by atoms with van der Waals surface area (Å²) in [7, 11) is 0. The second-order valence-corrected chi connectivity index (χ2v) is 8.94. The van der Waals surface area contributed by atoms with Gasteiger partial charge in [0.15, 0.2) is 0 Å². The Balaban J connectivity index is 1.52. The summed E-state index contributed by atoms with van der Waals surface area (Å²) in [5.74, 6) is -1.73. The number of carbonyl (C=O) groups excluding carboxylic acids is 1. The lowest BCUT2D eigenvalue weighted by Gasteiger charge is -2.23. The van der Waals surface area contributed by atoms with Crippen molar-refractivity contribution in [1.82, 2.24) is 4.90 Å². The van der Waals surface area contributed by atoms with Gasteiger partial charge in [0.05, 0.1) is 5.56 Å². The number of benzene rings is 4. The molecule has 0 aliphatic heterocycles. The molecule has 0 aliphatic carbocycles. The molecule has 4 aromatic rings. The topological polar surface area (TPSA) is 66.8 Å². The Kier molecular flexibility index (Phi) is 8.66. The van der Waals surface area contributed by atoms with Gasteiger partial charge in [0.25, 0.3) is 5.91 Å². The summed E-state index contributed by atoms with van der Waals surface area (Å²) in [6, 6.07) is 28.8. The first-order valence-electron chi connectivity index (χ1n) is 12.3. The predicted molar refractivity (Wildman–Crippen MR) is 141 cm³/mol. The van der Waals surface area contributed by atoms with E-state index in [1.807, 2.05) is 54.6 Å². The zero-order chi connectivity index (χ0) is 27.8. The standard InChI is InChI=1S/C31H26F3NO4/c32-31(33,34)39-26-18-16-25(17-19-26)29(36)35(20-6-9-22-7-2-1-3-8-22)21-23-12-14-24(15-13-23)27-10-4-5-11-28(27)30(37)38/h1-5,7-8,10-19H,6,9,20-21H2,(H,37,38). The molecule has 0 spiro atoms. The van der Waals surface area contributed by atoms with Crippen molar-refractivity contribution >= 4 is 11.9 Å². The van der Waals surface area contributed by atoms with Gasteiger partial charge in [0.1, 0.15) is 5.75 Å². The smallest absolute Gasteiger partial charge is 0.478 e. The zero-order valence-electron chi connectivity index (χ0n) is 20.9. The maximum Gasteiger partial charge on any atom is 0.573 e. The molecule has 200 valence electrons. The Morgan fingerprint density at radius 1 is 0.769 bits per heavy atom. The van der Waals surface area contributed by atoms with Crippen LogP contribution in [0.25, 0.3) is 11.1 Å². The van der Waals surface area contributed by atoms with Crippen LogP contribution in [0.5, 0.6) is 5.75 Å². The Labute approximate surface area is 224 Å². The molecule has 0 saturated carbocycles. The molecule has 4 rings (SSSR count). The fraction of sp³-hybridized carbons (Fsp3) is 0.161. The summed E-state index contributed by atoms with van der Waals surface area (Å²) in [6.07, 6.45) is -3.37. The molecule has 0 unspecified atom stereocenters. The van der Waals surface area contributed by atoms with E-state index < -0.39 is 18.1 Å². The molecule has 8 heteroatoms. The highest BCUT2D eigenvalue weighted by Gasteiger charge is 2.31. The first-order chi connectivity index (χ1) is 18.7. The number of carbonyl (C=O) groups is 2. The number of rotatable bonds is 10. The van der Waals surface area contributed by atoms with Crippen molar-refractivity contribution in [3.05, 3.63) is 125 Å². The maximum atomic E-state index is 13.4. The molecule has 0 radical (unpaired) electrons. The fourth-order valence-electron chi connectivity index (χ4n) is 4.28. The molecule has 0 bridgehead atoms. The van der Waals surface area contributed by atoms with Crippen molar-refractivity contribution in [2.45, 2.75) is 25.7 Å². The number of carboxylic acids is 1. The SMILES string of the molecule is O=C(O)c1ccccc1-c1ccc(CN(CCCc2ccccc2)C(=O)c2ccc(OC(F)(F)F)cc2)cc1. The highest BCUT2D eigenvalue weighted by Crippen LogP contribution is 2.26. The van der Waals surface area contributed by atoms with E-state index in [0.29, 0.717) is 18.5 Å². The number of nitrogens with zero attached hydrogens (tertiary/aromatic N) is 1. The van der Waals surface area contributed by atoms with Gasteiger partial charge < -0.3 is 14.7 Å². The average molecular weight is 534 g/mol. The molecule has 0 saturated heterocycles. The molecule has 1 N–H and O–H groups in total. The quantitative estimate of drug-likeness (QED) is 0.234. The monoisotopic (exact) mass is 533 g/mol. The van der Waals surface area contributed by atoms with Crippen LogP contribution in [0.4, 0.5) is 13.2 Å². The molecule has 0 fully saturated rings. The van der Waals surface area contributed by atoms with Gasteiger partial charge in [-0.2, -0.15) is 0 Å². The summed E-state index contributed by atoms with van der Waals surface area (Å²) in [5, 5.41) is 9.50. The number of halogens is 3. The van der Waals surface area contributed by atoms with E-state index in [1.165, 1.54) is 12.1 Å². The average Bonchev–Trinajstić information content (AvgIpc) is 2.92. The number of carboxylic acid groups (broad SMARTS) is 1. The Morgan fingerprint density at radius 2 is 1.41 bits per heavy atom. The van der Waals surface area contributed by atoms with Crippen molar-refractivity contribution in [3.8, 4) is 16.9 Å². The molecule has 5 nitrogen and oxygen atoms in total. The fourth-order valence-corrected chi connectivity index (χ4v) is 4.28. The van der Waals surface area contributed by atoms with Crippen molar-refractivity contribution in [2.75, 3.05) is 6.54 Å². The largest absolute Gasteiger partial charge is 0.573 e. The van der Waals surface area contributed by atoms with Crippen molar-refractivity contribution in [2.24, 2.45) is 0 Å². The number of hydrogen-bond donors (Lipinski definition) is 1. The van der Waals surface area contributed by atoms with Gasteiger partial charge in [-0.05, 0) is 65.4 Å². The van der Waals surface area contributed by atoms with Crippen LogP contribution in [0.15, 0.2) is 103 Å². The minimum absolute atomic E-state index is 0.195. The highest BCUT2D eigenvalue weighted by atomic mass is 19.4. The third-order valence-corrected chi connectivity index (χ3v) is 6.15. The van der Waals surface area contributed by atoms with Gasteiger partial charge in [0.2, 0.25) is 0 Å². The van der Waals surface area contributed by atoms with Gasteiger partial charge >= 0.3 is 12.3 Å². The van der Waals surface area contributed by atoms with Crippen molar-refractivity contribution < 1.29 is 32.6 Å². The van der Waals surface area contributed by atoms with E-state index >= 15 is 0 Å². The normalized spacial score (nSPS) is 11.2. The number of alkyl halides is 3. The van der Waals surface area contributed by atoms with Gasteiger partial charge in [-0.3, -0.25) is 4.79 Å². The lowest BCUT2D eigenvalue weighted by atomic mass is 9.98. The van der Waals surface area contributed by atoms with Crippen LogP contribution < -0.4 is 4.74 Å². The van der Waals surface area contributed by atoms with Crippen molar-refractivity contribution in [3.63, 3.8) is 0 Å². The van der Waals surface area contributed by atoms with Crippen LogP contribution in [-0.4, -0.2) is 34.8 Å². The Morgan fingerprint density at radius 3 is 2.05 bits per heavy atom. The third-order valence-electron chi connectivity index (χ3n) is 6.15. The van der Waals surface area contributed by atoms with Gasteiger partial charge in [0, 0.05) is 18.7 Å². The first-order valence-corrected chi connectivity index (χ1v) is 12.3. The molecule has 1 amide bonds. The minimum Gasteiger partial charge on any atom is -0.478 e. The molecule has 0 atom stereocenters. The second kappa shape index (κ2) is 12.3. The van der Waals surface area contributed by atoms with E-state index in [-0.39, 0.29) is 23.6 Å². The lowest BCUT2D eigenvalue weighted by Crippen LogP contribution is -2.31. The van der Waals surface area contributed by atoms with E-state index in [2.05, 4.69) is 4.74 Å². The van der Waals surface area contributed by atoms with Crippen LogP contribution in [0.2, 0.25) is 0 Å². The molecule has 4 aromatic carbocycles. The molecular formula is C31H26F3NO4. The van der Waals surface area contributed by atoms with E-state index in [0.717, 1.165) is 35.2 Å². The number of aryl methyl sites for hydroxylation is 1. The molecule has 0 aromatic heterocycles. The molecular weight excluding hydrogens is 507 g/mol. The number of amides is 1. The van der Waals surface area contributed by atoms with Gasteiger partial charge in [-0.1, -0.05) is 72.8 Å². The Hall–Kier alpha value is -4.59. The molecule has 0 aliphatic rings. The van der Waals surface area contributed by atoms with Gasteiger partial charge in [-0.15, -0.1) is 13.2 Å². The van der Waals surface area contributed by atoms with E-state index in [4.69, 9.17) is 0 Å². The van der Waals surface area contributed by atoms with Gasteiger partial charge in [-0.25, -0.2) is 4.79 Å². The lowest BCUT2D eigenvalue weighted by molar-refractivity contribution is -0.274. The van der Waals surface area contributed by atoms with Crippen LogP contribution in [0, 0.1) is 0 Å². The van der Waals surface area contributed by atoms with E-state index in [1.54, 1.807) is 29.2 Å². The summed E-state index contributed by atoms with van der Waals surface area (Å²) in [5.41, 5.74) is 3.74. The minimum atomic E-state index is -4.81. The molecule has 0 heterocycles.